The van der Waals surface area contributed by atoms with E-state index in [0.29, 0.717) is 30.5 Å². The van der Waals surface area contributed by atoms with Crippen LogP contribution in [0.4, 0.5) is 5.82 Å². The van der Waals surface area contributed by atoms with Crippen LogP contribution in [0.5, 0.6) is 0 Å². The molecule has 0 atom stereocenters. The van der Waals surface area contributed by atoms with Gasteiger partial charge >= 0.3 is 0 Å². The van der Waals surface area contributed by atoms with Crippen LogP contribution < -0.4 is 10.6 Å². The number of aromatic nitrogens is 1. The van der Waals surface area contributed by atoms with Crippen molar-refractivity contribution in [3.63, 3.8) is 0 Å². The number of hydrogen-bond donors (Lipinski definition) is 2. The summed E-state index contributed by atoms with van der Waals surface area (Å²) in [5, 5.41) is 5.78. The van der Waals surface area contributed by atoms with Crippen LogP contribution in [0, 0.1) is 5.92 Å². The van der Waals surface area contributed by atoms with Gasteiger partial charge in [-0.2, -0.15) is 0 Å². The number of carbonyl (C=O) groups is 1. The summed E-state index contributed by atoms with van der Waals surface area (Å²) < 4.78 is 6.24. The van der Waals surface area contributed by atoms with Crippen molar-refractivity contribution in [2.45, 2.75) is 20.3 Å². The van der Waals surface area contributed by atoms with Gasteiger partial charge in [-0.25, -0.2) is 4.98 Å². The number of carbonyl (C=O) groups excluding carboxylic acids is 1. The average Bonchev–Trinajstić information content (AvgIpc) is 2.42. The van der Waals surface area contributed by atoms with Gasteiger partial charge in [0.15, 0.2) is 0 Å². The van der Waals surface area contributed by atoms with Gasteiger partial charge in [0.05, 0.1) is 5.56 Å². The van der Waals surface area contributed by atoms with Gasteiger partial charge in [0.2, 0.25) is 0 Å². The SMILES string of the molecule is CNc1ncc(Br)cc1C(=O)NCCCOCC(C)C. The fraction of sp³-hybridized carbons (Fsp3) is 0.571. The van der Waals surface area contributed by atoms with Crippen LogP contribution in [0.15, 0.2) is 16.7 Å². The van der Waals surface area contributed by atoms with Gasteiger partial charge in [0, 0.05) is 37.5 Å². The number of amides is 1. The Hall–Kier alpha value is -1.14. The highest BCUT2D eigenvalue weighted by molar-refractivity contribution is 9.10. The Bertz CT molecular complexity index is 438. The third-order valence-electron chi connectivity index (χ3n) is 2.54. The van der Waals surface area contributed by atoms with Crippen LogP contribution in [-0.4, -0.2) is 37.7 Å². The van der Waals surface area contributed by atoms with Crippen molar-refractivity contribution < 1.29 is 9.53 Å². The third-order valence-corrected chi connectivity index (χ3v) is 2.97. The molecule has 0 saturated heterocycles. The molecule has 0 aliphatic rings. The first-order chi connectivity index (χ1) is 9.54. The minimum Gasteiger partial charge on any atom is -0.381 e. The van der Waals surface area contributed by atoms with E-state index in [1.807, 2.05) is 0 Å². The largest absolute Gasteiger partial charge is 0.381 e. The van der Waals surface area contributed by atoms with Gasteiger partial charge in [-0.05, 0) is 34.3 Å². The molecule has 5 nitrogen and oxygen atoms in total. The van der Waals surface area contributed by atoms with Gasteiger partial charge < -0.3 is 15.4 Å². The topological polar surface area (TPSA) is 63.2 Å². The molecule has 0 aliphatic carbocycles. The molecule has 0 aromatic carbocycles. The van der Waals surface area contributed by atoms with Crippen molar-refractivity contribution in [3.05, 3.63) is 22.3 Å². The summed E-state index contributed by atoms with van der Waals surface area (Å²) in [6.07, 6.45) is 2.46. The lowest BCUT2D eigenvalue weighted by atomic mass is 10.2. The molecule has 0 unspecified atom stereocenters. The number of nitrogens with one attached hydrogen (secondary N) is 2. The third kappa shape index (κ3) is 5.88. The van der Waals surface area contributed by atoms with E-state index < -0.39 is 0 Å². The Morgan fingerprint density at radius 1 is 1.50 bits per heavy atom. The summed E-state index contributed by atoms with van der Waals surface area (Å²) in [4.78, 5) is 16.2. The Labute approximate surface area is 128 Å². The van der Waals surface area contributed by atoms with E-state index in [4.69, 9.17) is 4.74 Å². The highest BCUT2D eigenvalue weighted by Gasteiger charge is 2.11. The number of ether oxygens (including phenoxy) is 1. The van der Waals surface area contributed by atoms with E-state index in [0.717, 1.165) is 17.5 Å². The molecule has 1 amide bonds. The second kappa shape index (κ2) is 8.92. The summed E-state index contributed by atoms with van der Waals surface area (Å²) in [5.41, 5.74) is 0.532. The maximum atomic E-state index is 12.1. The molecule has 2 N–H and O–H groups in total. The van der Waals surface area contributed by atoms with Gasteiger partial charge in [0.25, 0.3) is 5.91 Å². The van der Waals surface area contributed by atoms with Crippen LogP contribution in [0.2, 0.25) is 0 Å². The molecule has 0 radical (unpaired) electrons. The molecular formula is C14H22BrN3O2. The minimum atomic E-state index is -0.132. The number of halogens is 1. The number of hydrogen-bond acceptors (Lipinski definition) is 4. The van der Waals surface area contributed by atoms with E-state index in [-0.39, 0.29) is 5.91 Å². The van der Waals surface area contributed by atoms with Gasteiger partial charge in [0.1, 0.15) is 5.82 Å². The van der Waals surface area contributed by atoms with Crippen molar-refractivity contribution in [3.8, 4) is 0 Å². The van der Waals surface area contributed by atoms with Gasteiger partial charge in [-0.15, -0.1) is 0 Å². The molecule has 0 bridgehead atoms. The summed E-state index contributed by atoms with van der Waals surface area (Å²) >= 11 is 3.32. The first-order valence-corrected chi connectivity index (χ1v) is 7.53. The highest BCUT2D eigenvalue weighted by Crippen LogP contribution is 2.17. The van der Waals surface area contributed by atoms with E-state index >= 15 is 0 Å². The van der Waals surface area contributed by atoms with Crippen molar-refractivity contribution in [1.82, 2.24) is 10.3 Å². The molecule has 0 aliphatic heterocycles. The van der Waals surface area contributed by atoms with Crippen LogP contribution in [-0.2, 0) is 4.74 Å². The Morgan fingerprint density at radius 2 is 2.25 bits per heavy atom. The summed E-state index contributed by atoms with van der Waals surface area (Å²) in [5.74, 6) is 0.976. The molecule has 0 spiro atoms. The molecule has 20 heavy (non-hydrogen) atoms. The van der Waals surface area contributed by atoms with E-state index in [9.17, 15) is 4.79 Å². The predicted molar refractivity (Wildman–Crippen MR) is 84.1 cm³/mol. The Balaban J connectivity index is 2.37. The van der Waals surface area contributed by atoms with E-state index in [1.165, 1.54) is 0 Å². The second-order valence-electron chi connectivity index (χ2n) is 4.88. The Kier molecular flexibility index (Phi) is 7.54. The van der Waals surface area contributed by atoms with Crippen LogP contribution in [0.1, 0.15) is 30.6 Å². The zero-order chi connectivity index (χ0) is 15.0. The predicted octanol–water partition coefficient (Wildman–Crippen LogP) is 2.68. The molecule has 1 rings (SSSR count). The molecular weight excluding hydrogens is 322 g/mol. The minimum absolute atomic E-state index is 0.132. The fourth-order valence-corrected chi connectivity index (χ4v) is 1.93. The number of anilines is 1. The standard InChI is InChI=1S/C14H22BrN3O2/c1-10(2)9-20-6-4-5-17-14(19)12-7-11(15)8-18-13(12)16-3/h7-8,10H,4-6,9H2,1-3H3,(H,16,18)(H,17,19). The van der Waals surface area contributed by atoms with Gasteiger partial charge in [-0.1, -0.05) is 13.8 Å². The first kappa shape index (κ1) is 16.9. The smallest absolute Gasteiger partial charge is 0.255 e. The van der Waals surface area contributed by atoms with Crippen LogP contribution >= 0.6 is 15.9 Å². The van der Waals surface area contributed by atoms with Crippen molar-refractivity contribution in [2.24, 2.45) is 5.92 Å². The monoisotopic (exact) mass is 343 g/mol. The zero-order valence-electron chi connectivity index (χ0n) is 12.2. The summed E-state index contributed by atoms with van der Waals surface area (Å²) in [7, 11) is 1.74. The van der Waals surface area contributed by atoms with E-state index in [2.05, 4.69) is 45.4 Å². The zero-order valence-corrected chi connectivity index (χ0v) is 13.8. The van der Waals surface area contributed by atoms with E-state index in [1.54, 1.807) is 19.3 Å². The van der Waals surface area contributed by atoms with Crippen molar-refractivity contribution >= 4 is 27.7 Å². The summed E-state index contributed by atoms with van der Waals surface area (Å²) in [6.45, 7) is 6.23. The fourth-order valence-electron chi connectivity index (χ4n) is 1.60. The molecule has 1 heterocycles. The maximum Gasteiger partial charge on any atom is 0.255 e. The van der Waals surface area contributed by atoms with Crippen molar-refractivity contribution in [1.29, 1.82) is 0 Å². The summed E-state index contributed by atoms with van der Waals surface area (Å²) in [6, 6.07) is 1.75. The molecule has 1 aromatic heterocycles. The van der Waals surface area contributed by atoms with Gasteiger partial charge in [-0.3, -0.25) is 4.79 Å². The first-order valence-electron chi connectivity index (χ1n) is 6.73. The average molecular weight is 344 g/mol. The van der Waals surface area contributed by atoms with Crippen LogP contribution in [0.3, 0.4) is 0 Å². The molecule has 6 heteroatoms. The van der Waals surface area contributed by atoms with Crippen molar-refractivity contribution in [2.75, 3.05) is 32.1 Å². The molecule has 0 saturated carbocycles. The Morgan fingerprint density at radius 3 is 2.90 bits per heavy atom. The van der Waals surface area contributed by atoms with Crippen LogP contribution in [0.25, 0.3) is 0 Å². The lowest BCUT2D eigenvalue weighted by Crippen LogP contribution is -2.26. The second-order valence-corrected chi connectivity index (χ2v) is 5.79. The lowest BCUT2D eigenvalue weighted by Gasteiger charge is -2.10. The molecule has 112 valence electrons. The molecule has 1 aromatic rings. The molecule has 0 fully saturated rings. The normalized spacial score (nSPS) is 10.7. The quantitative estimate of drug-likeness (QED) is 0.712. The highest BCUT2D eigenvalue weighted by atomic mass is 79.9. The lowest BCUT2D eigenvalue weighted by molar-refractivity contribution is 0.0925. The number of pyridine rings is 1. The number of rotatable bonds is 8. The maximum absolute atomic E-state index is 12.1. The number of nitrogens with zero attached hydrogens (tertiary/aromatic N) is 1.